The summed E-state index contributed by atoms with van der Waals surface area (Å²) >= 11 is 0. The third-order valence-corrected chi connectivity index (χ3v) is 6.04. The molecule has 0 saturated carbocycles. The highest BCUT2D eigenvalue weighted by Gasteiger charge is 2.46. The maximum Gasteiger partial charge on any atom is 0.168 e. The summed E-state index contributed by atoms with van der Waals surface area (Å²) < 4.78 is 5.76. The van der Waals surface area contributed by atoms with Crippen LogP contribution in [0, 0.1) is 0 Å². The van der Waals surface area contributed by atoms with Crippen LogP contribution in [0.3, 0.4) is 0 Å². The van der Waals surface area contributed by atoms with Crippen molar-refractivity contribution in [3.63, 3.8) is 0 Å². The molecule has 5 heteroatoms. The van der Waals surface area contributed by atoms with E-state index in [1.54, 1.807) is 12.1 Å². The highest BCUT2D eigenvalue weighted by molar-refractivity contribution is 6.15. The highest BCUT2D eigenvalue weighted by atomic mass is 16.5. The van der Waals surface area contributed by atoms with Gasteiger partial charge in [0.15, 0.2) is 5.78 Å². The van der Waals surface area contributed by atoms with Gasteiger partial charge in [-0.25, -0.2) is 0 Å². The zero-order chi connectivity index (χ0) is 18.9. The Hall–Kier alpha value is -2.63. The van der Waals surface area contributed by atoms with Crippen LogP contribution in [-0.4, -0.2) is 39.9 Å². The molecule has 0 aromatic heterocycles. The number of phenolic OH excluding ortho intramolecular Hbond substituents is 2. The Labute approximate surface area is 156 Å². The van der Waals surface area contributed by atoms with Gasteiger partial charge in [-0.05, 0) is 46.9 Å². The van der Waals surface area contributed by atoms with Crippen LogP contribution in [-0.2, 0) is 11.2 Å². The summed E-state index contributed by atoms with van der Waals surface area (Å²) in [5.41, 5.74) is 5.17. The molecule has 0 amide bonds. The first-order chi connectivity index (χ1) is 13.0. The van der Waals surface area contributed by atoms with Crippen LogP contribution in [0.1, 0.15) is 51.9 Å². The number of benzene rings is 2. The topological polar surface area (TPSA) is 87.0 Å². The minimum Gasteiger partial charge on any atom is -0.508 e. The molecule has 27 heavy (non-hydrogen) atoms. The molecule has 0 spiro atoms. The maximum atomic E-state index is 12.8. The molecule has 3 aliphatic carbocycles. The van der Waals surface area contributed by atoms with Gasteiger partial charge in [0, 0.05) is 30.9 Å². The van der Waals surface area contributed by atoms with Gasteiger partial charge >= 0.3 is 0 Å². The van der Waals surface area contributed by atoms with E-state index in [1.165, 1.54) is 6.07 Å². The van der Waals surface area contributed by atoms with E-state index in [4.69, 9.17) is 4.74 Å². The standard InChI is InChI=1S/C22H20O5/c1-2-27-17-9-13-14(23)7-6-10-12-8-16(25)20-11(4-3-5-15(20)24)19(12)21(18(10)13)22(17)26/h3-7,12,17,22-24,26H,2,8-9H2,1H3. The number of aliphatic hydroxyl groups excluding tert-OH is 1. The monoisotopic (exact) mass is 364 g/mol. The number of carbonyl (C=O) groups excluding carboxylic acids is 1. The average Bonchev–Trinajstić information content (AvgIpc) is 2.97. The van der Waals surface area contributed by atoms with Crippen molar-refractivity contribution in [2.45, 2.75) is 37.9 Å². The Morgan fingerprint density at radius 1 is 1.04 bits per heavy atom. The van der Waals surface area contributed by atoms with E-state index in [-0.39, 0.29) is 29.6 Å². The van der Waals surface area contributed by atoms with E-state index in [0.29, 0.717) is 24.2 Å². The lowest BCUT2D eigenvalue weighted by atomic mass is 9.77. The van der Waals surface area contributed by atoms with Crippen molar-refractivity contribution in [1.29, 1.82) is 0 Å². The highest BCUT2D eigenvalue weighted by Crippen LogP contribution is 2.58. The van der Waals surface area contributed by atoms with Gasteiger partial charge in [0.25, 0.3) is 0 Å². The number of rotatable bonds is 2. The first-order valence-corrected chi connectivity index (χ1v) is 9.27. The molecule has 0 fully saturated rings. The number of fused-ring (bicyclic) bond motifs is 4. The Morgan fingerprint density at radius 3 is 2.63 bits per heavy atom. The summed E-state index contributed by atoms with van der Waals surface area (Å²) in [6.07, 6.45) is -0.634. The molecule has 0 heterocycles. The summed E-state index contributed by atoms with van der Waals surface area (Å²) in [5.74, 6) is -0.126. The summed E-state index contributed by atoms with van der Waals surface area (Å²) in [5, 5.41) is 31.8. The van der Waals surface area contributed by atoms with E-state index in [2.05, 4.69) is 0 Å². The second-order valence-electron chi connectivity index (χ2n) is 7.38. The molecule has 5 rings (SSSR count). The molecular formula is C22H20O5. The van der Waals surface area contributed by atoms with Crippen LogP contribution < -0.4 is 0 Å². The van der Waals surface area contributed by atoms with E-state index >= 15 is 0 Å². The zero-order valence-corrected chi connectivity index (χ0v) is 14.9. The molecule has 0 aliphatic heterocycles. The second kappa shape index (κ2) is 5.68. The number of carbonyl (C=O) groups is 1. The van der Waals surface area contributed by atoms with Gasteiger partial charge in [0.2, 0.25) is 0 Å². The minimum absolute atomic E-state index is 0.0327. The fourth-order valence-electron chi connectivity index (χ4n) is 5.01. The van der Waals surface area contributed by atoms with Gasteiger partial charge < -0.3 is 20.1 Å². The van der Waals surface area contributed by atoms with Crippen molar-refractivity contribution in [3.05, 3.63) is 58.1 Å². The predicted octanol–water partition coefficient (Wildman–Crippen LogP) is 3.01. The van der Waals surface area contributed by atoms with Crippen molar-refractivity contribution < 1.29 is 24.9 Å². The third-order valence-electron chi connectivity index (χ3n) is 6.04. The smallest absolute Gasteiger partial charge is 0.168 e. The summed E-state index contributed by atoms with van der Waals surface area (Å²) in [4.78, 5) is 12.8. The first-order valence-electron chi connectivity index (χ1n) is 9.27. The number of ketones is 1. The molecule has 3 atom stereocenters. The summed E-state index contributed by atoms with van der Waals surface area (Å²) in [7, 11) is 0. The van der Waals surface area contributed by atoms with Crippen molar-refractivity contribution in [2.75, 3.05) is 6.61 Å². The van der Waals surface area contributed by atoms with E-state index in [0.717, 1.165) is 27.8 Å². The second-order valence-corrected chi connectivity index (χ2v) is 7.38. The van der Waals surface area contributed by atoms with Crippen LogP contribution >= 0.6 is 0 Å². The molecule has 3 N–H and O–H groups in total. The van der Waals surface area contributed by atoms with Crippen molar-refractivity contribution >= 4 is 16.9 Å². The minimum atomic E-state index is -0.846. The molecule has 5 nitrogen and oxygen atoms in total. The number of allylic oxidation sites excluding steroid dienone is 1. The first kappa shape index (κ1) is 16.5. The zero-order valence-electron chi connectivity index (χ0n) is 14.9. The number of hydrogen-bond donors (Lipinski definition) is 3. The predicted molar refractivity (Wildman–Crippen MR) is 99.8 cm³/mol. The molecule has 3 aliphatic rings. The summed E-state index contributed by atoms with van der Waals surface area (Å²) in [6, 6.07) is 8.57. The quantitative estimate of drug-likeness (QED) is 0.763. The van der Waals surface area contributed by atoms with Crippen LogP contribution in [0.4, 0.5) is 0 Å². The van der Waals surface area contributed by atoms with Gasteiger partial charge in [0.1, 0.15) is 17.6 Å². The van der Waals surface area contributed by atoms with E-state index in [9.17, 15) is 20.1 Å². The molecule has 0 bridgehead atoms. The lowest BCUT2D eigenvalue weighted by Gasteiger charge is -2.32. The Balaban J connectivity index is 1.84. The molecule has 2 aromatic carbocycles. The van der Waals surface area contributed by atoms with Crippen LogP contribution in [0.25, 0.3) is 11.1 Å². The Kier molecular flexibility index (Phi) is 3.48. The average molecular weight is 364 g/mol. The maximum absolute atomic E-state index is 12.8. The molecule has 2 aromatic rings. The number of hydrogen-bond acceptors (Lipinski definition) is 5. The largest absolute Gasteiger partial charge is 0.508 e. The van der Waals surface area contributed by atoms with Gasteiger partial charge in [-0.15, -0.1) is 0 Å². The van der Waals surface area contributed by atoms with Gasteiger partial charge in [0.05, 0.1) is 11.7 Å². The van der Waals surface area contributed by atoms with E-state index < -0.39 is 12.2 Å². The fourth-order valence-corrected chi connectivity index (χ4v) is 5.01. The van der Waals surface area contributed by atoms with Crippen LogP contribution in [0.2, 0.25) is 0 Å². The fraction of sp³-hybridized carbons (Fsp3) is 0.318. The Morgan fingerprint density at radius 2 is 1.85 bits per heavy atom. The van der Waals surface area contributed by atoms with Crippen molar-refractivity contribution in [3.8, 4) is 11.5 Å². The van der Waals surface area contributed by atoms with Gasteiger partial charge in [-0.3, -0.25) is 4.79 Å². The van der Waals surface area contributed by atoms with Gasteiger partial charge in [-0.1, -0.05) is 18.2 Å². The van der Waals surface area contributed by atoms with Gasteiger partial charge in [-0.2, -0.15) is 0 Å². The SMILES string of the molecule is CCOC1Cc2c(O)ccc3c2C(=C2c4cccc(O)c4C(=O)CC23)C1O. The number of ether oxygens (including phenoxy) is 1. The molecule has 3 unspecified atom stereocenters. The molecular weight excluding hydrogens is 344 g/mol. The molecule has 0 radical (unpaired) electrons. The lowest BCUT2D eigenvalue weighted by molar-refractivity contribution is -0.00971. The number of Topliss-reactive ketones (excluding diaryl/α,β-unsaturated/α-hetero) is 1. The number of phenols is 2. The number of aromatic hydroxyl groups is 2. The lowest BCUT2D eigenvalue weighted by Crippen LogP contribution is -2.36. The van der Waals surface area contributed by atoms with Crippen LogP contribution in [0.15, 0.2) is 30.3 Å². The van der Waals surface area contributed by atoms with Crippen LogP contribution in [0.5, 0.6) is 11.5 Å². The molecule has 0 saturated heterocycles. The Bertz CT molecular complexity index is 1020. The van der Waals surface area contributed by atoms with E-state index in [1.807, 2.05) is 19.1 Å². The van der Waals surface area contributed by atoms with Crippen molar-refractivity contribution in [2.24, 2.45) is 0 Å². The van der Waals surface area contributed by atoms with Crippen molar-refractivity contribution in [1.82, 2.24) is 0 Å². The summed E-state index contributed by atoms with van der Waals surface area (Å²) in [6.45, 7) is 2.33. The third kappa shape index (κ3) is 2.10. The number of aliphatic hydroxyl groups is 1. The normalized spacial score (nSPS) is 25.3. The molecule has 138 valence electrons.